The summed E-state index contributed by atoms with van der Waals surface area (Å²) in [6, 6.07) is 8.63. The second-order valence-corrected chi connectivity index (χ2v) is 5.00. The van der Waals surface area contributed by atoms with E-state index in [1.807, 2.05) is 6.92 Å². The van der Waals surface area contributed by atoms with Crippen LogP contribution in [-0.2, 0) is 0 Å². The van der Waals surface area contributed by atoms with E-state index in [0.29, 0.717) is 23.1 Å². The molecule has 106 valence electrons. The number of rotatable bonds is 5. The maximum absolute atomic E-state index is 11.1. The molecule has 0 fully saturated rings. The summed E-state index contributed by atoms with van der Waals surface area (Å²) < 4.78 is 0. The molecule has 0 bridgehead atoms. The highest BCUT2D eigenvalue weighted by Crippen LogP contribution is 2.20. The molecular weight excluding hydrogens is 256 g/mol. The van der Waals surface area contributed by atoms with Gasteiger partial charge in [-0.05, 0) is 44.5 Å². The predicted octanol–water partition coefficient (Wildman–Crippen LogP) is 2.50. The van der Waals surface area contributed by atoms with E-state index in [1.165, 1.54) is 0 Å². The van der Waals surface area contributed by atoms with Crippen LogP contribution in [0.15, 0.2) is 30.3 Å². The number of fused-ring (bicyclic) bond motifs is 1. The smallest absolute Gasteiger partial charge is 0.336 e. The molecule has 2 aromatic rings. The molecule has 0 aliphatic rings. The number of benzene rings is 1. The third kappa shape index (κ3) is 3.24. The van der Waals surface area contributed by atoms with Gasteiger partial charge in [-0.25, -0.2) is 9.78 Å². The van der Waals surface area contributed by atoms with Crippen molar-refractivity contribution in [2.75, 3.05) is 5.32 Å². The third-order valence-corrected chi connectivity index (χ3v) is 3.05. The van der Waals surface area contributed by atoms with Crippen molar-refractivity contribution >= 4 is 22.7 Å². The number of hydrogen-bond donors (Lipinski definition) is 3. The zero-order valence-corrected chi connectivity index (χ0v) is 11.5. The van der Waals surface area contributed by atoms with Gasteiger partial charge in [0.25, 0.3) is 0 Å². The predicted molar refractivity (Wildman–Crippen MR) is 78.1 cm³/mol. The minimum Gasteiger partial charge on any atom is -0.478 e. The summed E-state index contributed by atoms with van der Waals surface area (Å²) in [6.07, 6.45) is 0.242. The average molecular weight is 274 g/mol. The molecule has 0 radical (unpaired) electrons. The van der Waals surface area contributed by atoms with E-state index >= 15 is 0 Å². The van der Waals surface area contributed by atoms with Crippen molar-refractivity contribution in [2.24, 2.45) is 0 Å². The molecule has 5 heteroatoms. The zero-order chi connectivity index (χ0) is 14.7. The van der Waals surface area contributed by atoms with Crippen LogP contribution in [0.3, 0.4) is 0 Å². The molecule has 0 saturated carbocycles. The molecule has 2 rings (SSSR count). The van der Waals surface area contributed by atoms with E-state index in [0.717, 1.165) is 0 Å². The van der Waals surface area contributed by atoms with Gasteiger partial charge in [-0.15, -0.1) is 0 Å². The first-order valence-electron chi connectivity index (χ1n) is 6.55. The van der Waals surface area contributed by atoms with Gasteiger partial charge >= 0.3 is 5.97 Å². The highest BCUT2D eigenvalue weighted by molar-refractivity contribution is 6.02. The van der Waals surface area contributed by atoms with Gasteiger partial charge in [-0.1, -0.05) is 6.07 Å². The van der Waals surface area contributed by atoms with E-state index in [2.05, 4.69) is 10.3 Å². The minimum absolute atomic E-state index is 0.0857. The number of carboxylic acids is 1. The van der Waals surface area contributed by atoms with Crippen molar-refractivity contribution in [2.45, 2.75) is 32.4 Å². The number of carbonyl (C=O) groups is 1. The molecule has 1 aromatic heterocycles. The van der Waals surface area contributed by atoms with Crippen molar-refractivity contribution in [3.8, 4) is 0 Å². The highest BCUT2D eigenvalue weighted by atomic mass is 16.4. The maximum atomic E-state index is 11.1. The molecule has 0 aliphatic carbocycles. The molecule has 2 unspecified atom stereocenters. The number of carboxylic acid groups (broad SMARTS) is 1. The number of aliphatic hydroxyl groups excluding tert-OH is 1. The standard InChI is InChI=1S/C15H18N2O3/c1-9(8-10(2)18)16-14-7-6-11-12(15(19)20)4-3-5-13(11)17-14/h3-7,9-10,18H,8H2,1-2H3,(H,16,17)(H,19,20). The van der Waals surface area contributed by atoms with Gasteiger partial charge in [-0.2, -0.15) is 0 Å². The van der Waals surface area contributed by atoms with Gasteiger partial charge in [0.1, 0.15) is 5.82 Å². The lowest BCUT2D eigenvalue weighted by molar-refractivity contribution is 0.0699. The second-order valence-electron chi connectivity index (χ2n) is 5.00. The average Bonchev–Trinajstić information content (AvgIpc) is 2.36. The van der Waals surface area contributed by atoms with Crippen molar-refractivity contribution in [1.82, 2.24) is 4.98 Å². The lowest BCUT2D eigenvalue weighted by atomic mass is 10.1. The number of aliphatic hydroxyl groups is 1. The van der Waals surface area contributed by atoms with Crippen LogP contribution >= 0.6 is 0 Å². The molecule has 0 aliphatic heterocycles. The van der Waals surface area contributed by atoms with Crippen LogP contribution in [0.1, 0.15) is 30.6 Å². The van der Waals surface area contributed by atoms with Gasteiger partial charge in [-0.3, -0.25) is 0 Å². The number of pyridine rings is 1. The van der Waals surface area contributed by atoms with Crippen molar-refractivity contribution in [1.29, 1.82) is 0 Å². The summed E-state index contributed by atoms with van der Waals surface area (Å²) in [5.74, 6) is -0.284. The summed E-state index contributed by atoms with van der Waals surface area (Å²) in [5.41, 5.74) is 0.887. The molecule has 1 heterocycles. The molecule has 0 saturated heterocycles. The zero-order valence-electron chi connectivity index (χ0n) is 11.5. The summed E-state index contributed by atoms with van der Waals surface area (Å²) >= 11 is 0. The Morgan fingerprint density at radius 3 is 2.70 bits per heavy atom. The first kappa shape index (κ1) is 14.3. The number of hydrogen-bond acceptors (Lipinski definition) is 4. The molecule has 1 aromatic carbocycles. The highest BCUT2D eigenvalue weighted by Gasteiger charge is 2.10. The van der Waals surface area contributed by atoms with Crippen molar-refractivity contribution in [3.63, 3.8) is 0 Å². The van der Waals surface area contributed by atoms with E-state index in [4.69, 9.17) is 5.11 Å². The lowest BCUT2D eigenvalue weighted by Gasteiger charge is -2.16. The van der Waals surface area contributed by atoms with Crippen molar-refractivity contribution < 1.29 is 15.0 Å². The number of nitrogens with zero attached hydrogens (tertiary/aromatic N) is 1. The Balaban J connectivity index is 2.28. The molecule has 5 nitrogen and oxygen atoms in total. The first-order chi connectivity index (χ1) is 9.47. The van der Waals surface area contributed by atoms with Gasteiger partial charge in [0.05, 0.1) is 17.2 Å². The topological polar surface area (TPSA) is 82.5 Å². The minimum atomic E-state index is -0.958. The Morgan fingerprint density at radius 1 is 1.30 bits per heavy atom. The van der Waals surface area contributed by atoms with Crippen molar-refractivity contribution in [3.05, 3.63) is 35.9 Å². The summed E-state index contributed by atoms with van der Waals surface area (Å²) in [6.45, 7) is 3.71. The van der Waals surface area contributed by atoms with Crippen LogP contribution in [0.2, 0.25) is 0 Å². The fraction of sp³-hybridized carbons (Fsp3) is 0.333. The number of aromatic carboxylic acids is 1. The van der Waals surface area contributed by atoms with E-state index in [-0.39, 0.29) is 17.7 Å². The largest absolute Gasteiger partial charge is 0.478 e. The van der Waals surface area contributed by atoms with E-state index in [1.54, 1.807) is 37.3 Å². The van der Waals surface area contributed by atoms with Crippen LogP contribution < -0.4 is 5.32 Å². The van der Waals surface area contributed by atoms with Gasteiger partial charge < -0.3 is 15.5 Å². The van der Waals surface area contributed by atoms with Gasteiger partial charge in [0, 0.05) is 11.4 Å². The SMILES string of the molecule is CC(O)CC(C)Nc1ccc2c(C(=O)O)cccc2n1. The fourth-order valence-corrected chi connectivity index (χ4v) is 2.24. The Hall–Kier alpha value is -2.14. The summed E-state index contributed by atoms with van der Waals surface area (Å²) in [5, 5.41) is 22.3. The molecular formula is C15H18N2O3. The van der Waals surface area contributed by atoms with Crippen LogP contribution in [0.5, 0.6) is 0 Å². The molecule has 2 atom stereocenters. The Bertz CT molecular complexity index is 626. The van der Waals surface area contributed by atoms with Crippen LogP contribution in [-0.4, -0.2) is 33.3 Å². The Labute approximate surface area is 117 Å². The number of nitrogens with one attached hydrogen (secondary N) is 1. The fourth-order valence-electron chi connectivity index (χ4n) is 2.24. The van der Waals surface area contributed by atoms with Crippen LogP contribution in [0.25, 0.3) is 10.9 Å². The molecule has 3 N–H and O–H groups in total. The molecule has 0 amide bonds. The quantitative estimate of drug-likeness (QED) is 0.780. The molecule has 0 spiro atoms. The number of aromatic nitrogens is 1. The lowest BCUT2D eigenvalue weighted by Crippen LogP contribution is -2.21. The maximum Gasteiger partial charge on any atom is 0.336 e. The van der Waals surface area contributed by atoms with Gasteiger partial charge in [0.2, 0.25) is 0 Å². The van der Waals surface area contributed by atoms with Crippen LogP contribution in [0.4, 0.5) is 5.82 Å². The van der Waals surface area contributed by atoms with Gasteiger partial charge in [0.15, 0.2) is 0 Å². The summed E-state index contributed by atoms with van der Waals surface area (Å²) in [7, 11) is 0. The van der Waals surface area contributed by atoms with E-state index < -0.39 is 5.97 Å². The summed E-state index contributed by atoms with van der Waals surface area (Å²) in [4.78, 5) is 15.5. The second kappa shape index (κ2) is 5.88. The number of anilines is 1. The third-order valence-electron chi connectivity index (χ3n) is 3.05. The normalized spacial score (nSPS) is 13.9. The monoisotopic (exact) mass is 274 g/mol. The Morgan fingerprint density at radius 2 is 2.05 bits per heavy atom. The van der Waals surface area contributed by atoms with Crippen LogP contribution in [0, 0.1) is 0 Å². The molecule has 20 heavy (non-hydrogen) atoms. The Kier molecular flexibility index (Phi) is 4.20. The first-order valence-corrected chi connectivity index (χ1v) is 6.55. The van der Waals surface area contributed by atoms with E-state index in [9.17, 15) is 9.90 Å².